The van der Waals surface area contributed by atoms with Gasteiger partial charge in [0.25, 0.3) is 11.1 Å². The molecule has 0 unspecified atom stereocenters. The molecule has 0 saturated heterocycles. The van der Waals surface area contributed by atoms with E-state index in [1.54, 1.807) is 0 Å². The van der Waals surface area contributed by atoms with Gasteiger partial charge in [-0.05, 0) is 42.0 Å². The van der Waals surface area contributed by atoms with E-state index < -0.39 is 0 Å². The molecule has 0 amide bonds. The molecular weight excluding hydrogens is 400 g/mol. The minimum atomic E-state index is 0.246. The Morgan fingerprint density at radius 1 is 1.04 bits per heavy atom. The summed E-state index contributed by atoms with van der Waals surface area (Å²) in [6, 6.07) is 15.2. The zero-order valence-electron chi connectivity index (χ0n) is 11.9. The van der Waals surface area contributed by atoms with E-state index in [9.17, 15) is 0 Å². The quantitative estimate of drug-likeness (QED) is 0.511. The van der Waals surface area contributed by atoms with Gasteiger partial charge in [-0.2, -0.15) is 0 Å². The van der Waals surface area contributed by atoms with Crippen LogP contribution in [0.4, 0.5) is 0 Å². The van der Waals surface area contributed by atoms with Crippen LogP contribution < -0.4 is 4.74 Å². The van der Waals surface area contributed by atoms with Gasteiger partial charge < -0.3 is 9.15 Å². The Hall–Kier alpha value is -1.50. The SMILES string of the molecule is Clc1ccc(CSc2nnc(COc3ccc(Br)cc3)o2)cc1. The molecule has 0 spiro atoms. The molecule has 118 valence electrons. The lowest BCUT2D eigenvalue weighted by Gasteiger charge is -2.02. The molecule has 4 nitrogen and oxygen atoms in total. The van der Waals surface area contributed by atoms with Gasteiger partial charge in [0.15, 0.2) is 6.61 Å². The third-order valence-electron chi connectivity index (χ3n) is 2.90. The molecule has 2 aromatic carbocycles. The summed E-state index contributed by atoms with van der Waals surface area (Å²) in [4.78, 5) is 0. The average molecular weight is 412 g/mol. The van der Waals surface area contributed by atoms with Gasteiger partial charge in [0, 0.05) is 15.2 Å². The van der Waals surface area contributed by atoms with Crippen LogP contribution in [0.25, 0.3) is 0 Å². The van der Waals surface area contributed by atoms with E-state index in [2.05, 4.69) is 26.1 Å². The van der Waals surface area contributed by atoms with E-state index in [-0.39, 0.29) is 6.61 Å². The summed E-state index contributed by atoms with van der Waals surface area (Å²) in [5.41, 5.74) is 1.14. The first-order valence-electron chi connectivity index (χ1n) is 6.77. The number of ether oxygens (including phenoxy) is 1. The Morgan fingerprint density at radius 2 is 1.78 bits per heavy atom. The minimum Gasteiger partial charge on any atom is -0.484 e. The van der Waals surface area contributed by atoms with Gasteiger partial charge in [-0.1, -0.05) is 51.4 Å². The van der Waals surface area contributed by atoms with Crippen LogP contribution in [0.5, 0.6) is 5.75 Å². The highest BCUT2D eigenvalue weighted by atomic mass is 79.9. The summed E-state index contributed by atoms with van der Waals surface area (Å²) in [7, 11) is 0. The molecule has 0 aliphatic rings. The first-order valence-corrected chi connectivity index (χ1v) is 8.93. The Kier molecular flexibility index (Phi) is 5.59. The fraction of sp³-hybridized carbons (Fsp3) is 0.125. The van der Waals surface area contributed by atoms with Crippen molar-refractivity contribution in [2.45, 2.75) is 17.6 Å². The Morgan fingerprint density at radius 3 is 2.52 bits per heavy atom. The largest absolute Gasteiger partial charge is 0.484 e. The van der Waals surface area contributed by atoms with E-state index in [1.165, 1.54) is 11.8 Å². The third kappa shape index (κ3) is 4.99. The maximum Gasteiger partial charge on any atom is 0.277 e. The molecule has 3 rings (SSSR count). The summed E-state index contributed by atoms with van der Waals surface area (Å²) >= 11 is 10.7. The minimum absolute atomic E-state index is 0.246. The highest BCUT2D eigenvalue weighted by molar-refractivity contribution is 9.10. The van der Waals surface area contributed by atoms with E-state index in [4.69, 9.17) is 20.8 Å². The number of hydrogen-bond acceptors (Lipinski definition) is 5. The molecule has 0 atom stereocenters. The molecule has 1 heterocycles. The second-order valence-corrected chi connectivity index (χ2v) is 6.90. The first-order chi connectivity index (χ1) is 11.2. The normalized spacial score (nSPS) is 10.7. The van der Waals surface area contributed by atoms with Crippen LogP contribution in [0.2, 0.25) is 5.02 Å². The van der Waals surface area contributed by atoms with Crippen LogP contribution in [0.15, 0.2) is 62.6 Å². The van der Waals surface area contributed by atoms with Crippen LogP contribution in [-0.4, -0.2) is 10.2 Å². The Bertz CT molecular complexity index is 699. The fourth-order valence-corrected chi connectivity index (χ4v) is 2.88. The lowest BCUT2D eigenvalue weighted by Crippen LogP contribution is -1.95. The number of benzene rings is 2. The zero-order valence-corrected chi connectivity index (χ0v) is 15.1. The number of thioether (sulfide) groups is 1. The maximum absolute atomic E-state index is 5.86. The maximum atomic E-state index is 5.86. The number of nitrogens with zero attached hydrogens (tertiary/aromatic N) is 2. The van der Waals surface area contributed by atoms with Crippen molar-refractivity contribution in [3.63, 3.8) is 0 Å². The molecule has 7 heteroatoms. The van der Waals surface area contributed by atoms with E-state index >= 15 is 0 Å². The van der Waals surface area contributed by atoms with Crippen LogP contribution in [-0.2, 0) is 12.4 Å². The number of aromatic nitrogens is 2. The number of hydrogen-bond donors (Lipinski definition) is 0. The molecule has 3 aromatic rings. The van der Waals surface area contributed by atoms with Gasteiger partial charge in [0.2, 0.25) is 0 Å². The predicted molar refractivity (Wildman–Crippen MR) is 93.8 cm³/mol. The third-order valence-corrected chi connectivity index (χ3v) is 4.57. The topological polar surface area (TPSA) is 48.2 Å². The first kappa shape index (κ1) is 16.4. The monoisotopic (exact) mass is 410 g/mol. The highest BCUT2D eigenvalue weighted by Crippen LogP contribution is 2.23. The van der Waals surface area contributed by atoms with E-state index in [1.807, 2.05) is 48.5 Å². The van der Waals surface area contributed by atoms with Crippen LogP contribution in [0, 0.1) is 0 Å². The summed E-state index contributed by atoms with van der Waals surface area (Å²) in [5.74, 6) is 1.94. The van der Waals surface area contributed by atoms with Crippen molar-refractivity contribution in [2.75, 3.05) is 0 Å². The molecule has 23 heavy (non-hydrogen) atoms. The lowest BCUT2D eigenvalue weighted by molar-refractivity contribution is 0.252. The standard InChI is InChI=1S/C16H12BrClN2O2S/c17-12-3-7-14(8-4-12)21-9-15-19-20-16(22-15)23-10-11-1-5-13(18)6-2-11/h1-8H,9-10H2. The van der Waals surface area contributed by atoms with Crippen LogP contribution in [0.3, 0.4) is 0 Å². The number of rotatable bonds is 6. The van der Waals surface area contributed by atoms with Crippen molar-refractivity contribution in [1.82, 2.24) is 10.2 Å². The van der Waals surface area contributed by atoms with Crippen LogP contribution in [0.1, 0.15) is 11.5 Å². The van der Waals surface area contributed by atoms with Crippen molar-refractivity contribution < 1.29 is 9.15 Å². The number of halogens is 2. The van der Waals surface area contributed by atoms with Gasteiger partial charge >= 0.3 is 0 Å². The molecule has 1 aromatic heterocycles. The van der Waals surface area contributed by atoms with Crippen molar-refractivity contribution >= 4 is 39.3 Å². The fourth-order valence-electron chi connectivity index (χ4n) is 1.76. The highest BCUT2D eigenvalue weighted by Gasteiger charge is 2.08. The molecular formula is C16H12BrClN2O2S. The zero-order chi connectivity index (χ0) is 16.1. The van der Waals surface area contributed by atoms with Crippen molar-refractivity contribution in [2.24, 2.45) is 0 Å². The molecule has 0 aliphatic heterocycles. The average Bonchev–Trinajstić information content (AvgIpc) is 3.02. The molecule has 0 saturated carbocycles. The molecule has 0 radical (unpaired) electrons. The summed E-state index contributed by atoms with van der Waals surface area (Å²) in [6.45, 7) is 0.246. The Balaban J connectivity index is 1.51. The Labute approximate surface area is 151 Å². The second kappa shape index (κ2) is 7.86. The van der Waals surface area contributed by atoms with Gasteiger partial charge in [0.05, 0.1) is 0 Å². The molecule has 0 bridgehead atoms. The van der Waals surface area contributed by atoms with Gasteiger partial charge in [0.1, 0.15) is 5.75 Å². The molecule has 0 fully saturated rings. The summed E-state index contributed by atoms with van der Waals surface area (Å²) in [5, 5.41) is 9.24. The van der Waals surface area contributed by atoms with Gasteiger partial charge in [-0.25, -0.2) is 0 Å². The van der Waals surface area contributed by atoms with E-state index in [0.29, 0.717) is 11.1 Å². The smallest absolute Gasteiger partial charge is 0.277 e. The molecule has 0 aliphatic carbocycles. The van der Waals surface area contributed by atoms with Crippen molar-refractivity contribution in [1.29, 1.82) is 0 Å². The molecule has 0 N–H and O–H groups in total. The predicted octanol–water partition coefficient (Wildman–Crippen LogP) is 5.36. The summed E-state index contributed by atoms with van der Waals surface area (Å²) < 4.78 is 12.2. The van der Waals surface area contributed by atoms with Crippen molar-refractivity contribution in [3.8, 4) is 5.75 Å². The summed E-state index contributed by atoms with van der Waals surface area (Å²) in [6.07, 6.45) is 0. The van der Waals surface area contributed by atoms with E-state index in [0.717, 1.165) is 26.6 Å². The second-order valence-electron chi connectivity index (χ2n) is 4.62. The van der Waals surface area contributed by atoms with Crippen LogP contribution >= 0.6 is 39.3 Å². The van der Waals surface area contributed by atoms with Gasteiger partial charge in [-0.3, -0.25) is 0 Å². The van der Waals surface area contributed by atoms with Crippen molar-refractivity contribution in [3.05, 3.63) is 69.5 Å². The van der Waals surface area contributed by atoms with Gasteiger partial charge in [-0.15, -0.1) is 10.2 Å². The lowest BCUT2D eigenvalue weighted by atomic mass is 10.2.